The monoisotopic (exact) mass is 264 g/mol. The molecular formula is C13H17FN4O. The first-order chi connectivity index (χ1) is 9.28. The molecule has 0 saturated carbocycles. The van der Waals surface area contributed by atoms with Crippen molar-refractivity contribution in [1.82, 2.24) is 20.3 Å². The quantitative estimate of drug-likeness (QED) is 0.786. The molecule has 0 aliphatic heterocycles. The van der Waals surface area contributed by atoms with E-state index in [0.29, 0.717) is 26.1 Å². The van der Waals surface area contributed by atoms with Crippen LogP contribution in [0.1, 0.15) is 17.7 Å². The number of aliphatic hydroxyl groups is 1. The number of benzene rings is 1. The first-order valence-electron chi connectivity index (χ1n) is 6.23. The molecule has 1 aromatic carbocycles. The Morgan fingerprint density at radius 2 is 2.00 bits per heavy atom. The second-order valence-electron chi connectivity index (χ2n) is 4.28. The molecule has 0 radical (unpaired) electrons. The van der Waals surface area contributed by atoms with Crippen molar-refractivity contribution in [3.05, 3.63) is 47.5 Å². The van der Waals surface area contributed by atoms with Gasteiger partial charge in [0.25, 0.3) is 0 Å². The highest BCUT2D eigenvalue weighted by molar-refractivity contribution is 5.15. The van der Waals surface area contributed by atoms with Gasteiger partial charge in [0, 0.05) is 32.4 Å². The van der Waals surface area contributed by atoms with Crippen LogP contribution in [0.25, 0.3) is 0 Å². The van der Waals surface area contributed by atoms with Gasteiger partial charge in [0.2, 0.25) is 0 Å². The number of aliphatic hydroxyl groups excluding tert-OH is 1. The molecule has 0 bridgehead atoms. The summed E-state index contributed by atoms with van der Waals surface area (Å²) in [4.78, 5) is 0. The Morgan fingerprint density at radius 3 is 2.74 bits per heavy atom. The van der Waals surface area contributed by atoms with Gasteiger partial charge >= 0.3 is 0 Å². The minimum Gasteiger partial charge on any atom is -0.396 e. The number of aryl methyl sites for hydroxylation is 1. The third-order valence-corrected chi connectivity index (χ3v) is 2.68. The highest BCUT2D eigenvalue weighted by atomic mass is 19.1. The van der Waals surface area contributed by atoms with Crippen molar-refractivity contribution >= 4 is 0 Å². The molecule has 2 aromatic rings. The molecule has 1 aromatic heterocycles. The summed E-state index contributed by atoms with van der Waals surface area (Å²) < 4.78 is 14.4. The summed E-state index contributed by atoms with van der Waals surface area (Å²) in [5, 5.41) is 19.9. The van der Waals surface area contributed by atoms with E-state index in [4.69, 9.17) is 5.11 Å². The molecular weight excluding hydrogens is 247 g/mol. The van der Waals surface area contributed by atoms with Crippen molar-refractivity contribution in [2.45, 2.75) is 26.1 Å². The Labute approximate surface area is 111 Å². The minimum atomic E-state index is -0.226. The van der Waals surface area contributed by atoms with Crippen molar-refractivity contribution in [1.29, 1.82) is 0 Å². The third-order valence-electron chi connectivity index (χ3n) is 2.68. The summed E-state index contributed by atoms with van der Waals surface area (Å²) in [6.45, 7) is 2.08. The van der Waals surface area contributed by atoms with Crippen LogP contribution >= 0.6 is 0 Å². The smallest absolute Gasteiger partial charge is 0.123 e. The summed E-state index contributed by atoms with van der Waals surface area (Å²) >= 11 is 0. The van der Waals surface area contributed by atoms with Gasteiger partial charge in [0.1, 0.15) is 5.82 Å². The maximum Gasteiger partial charge on any atom is 0.123 e. The number of rotatable bonds is 7. The largest absolute Gasteiger partial charge is 0.396 e. The van der Waals surface area contributed by atoms with Crippen LogP contribution in [0.4, 0.5) is 4.39 Å². The zero-order valence-corrected chi connectivity index (χ0v) is 10.6. The van der Waals surface area contributed by atoms with E-state index in [1.807, 2.05) is 6.20 Å². The summed E-state index contributed by atoms with van der Waals surface area (Å²) in [7, 11) is 0. The zero-order chi connectivity index (χ0) is 13.5. The molecule has 6 heteroatoms. The molecule has 0 fully saturated rings. The van der Waals surface area contributed by atoms with Crippen LogP contribution in [0.5, 0.6) is 0 Å². The molecule has 2 N–H and O–H groups in total. The normalized spacial score (nSPS) is 10.8. The second-order valence-corrected chi connectivity index (χ2v) is 4.28. The lowest BCUT2D eigenvalue weighted by molar-refractivity contribution is 0.276. The highest BCUT2D eigenvalue weighted by Gasteiger charge is 2.00. The van der Waals surface area contributed by atoms with Crippen LogP contribution in [0.2, 0.25) is 0 Å². The van der Waals surface area contributed by atoms with E-state index < -0.39 is 0 Å². The van der Waals surface area contributed by atoms with Gasteiger partial charge in [-0.3, -0.25) is 4.68 Å². The Bertz CT molecular complexity index is 498. The standard InChI is InChI=1S/C13H17FN4O/c14-12-4-2-11(3-5-12)8-15-9-13-10-18(17-16-13)6-1-7-19/h2-5,10,15,19H,1,6-9H2. The summed E-state index contributed by atoms with van der Waals surface area (Å²) in [5.74, 6) is -0.226. The van der Waals surface area contributed by atoms with Gasteiger partial charge in [-0.1, -0.05) is 17.3 Å². The Kier molecular flexibility index (Phi) is 5.00. The maximum atomic E-state index is 12.7. The van der Waals surface area contributed by atoms with Gasteiger partial charge in [-0.05, 0) is 24.1 Å². The molecule has 0 atom stereocenters. The number of hydrogen-bond donors (Lipinski definition) is 2. The van der Waals surface area contributed by atoms with E-state index in [0.717, 1.165) is 11.3 Å². The Balaban J connectivity index is 1.76. The molecule has 0 saturated heterocycles. The number of nitrogens with one attached hydrogen (secondary N) is 1. The van der Waals surface area contributed by atoms with Crippen LogP contribution in [-0.2, 0) is 19.6 Å². The average Bonchev–Trinajstić information content (AvgIpc) is 2.87. The molecule has 0 aliphatic rings. The Morgan fingerprint density at radius 1 is 1.21 bits per heavy atom. The molecule has 0 spiro atoms. The number of aromatic nitrogens is 3. The minimum absolute atomic E-state index is 0.151. The lowest BCUT2D eigenvalue weighted by Gasteiger charge is -2.02. The van der Waals surface area contributed by atoms with E-state index in [2.05, 4.69) is 15.6 Å². The zero-order valence-electron chi connectivity index (χ0n) is 10.6. The van der Waals surface area contributed by atoms with E-state index in [9.17, 15) is 4.39 Å². The SMILES string of the molecule is OCCCn1cc(CNCc2ccc(F)cc2)nn1. The van der Waals surface area contributed by atoms with Gasteiger partial charge in [-0.2, -0.15) is 0 Å². The topological polar surface area (TPSA) is 63.0 Å². The van der Waals surface area contributed by atoms with Crippen LogP contribution in [0.3, 0.4) is 0 Å². The molecule has 0 aliphatic carbocycles. The first kappa shape index (κ1) is 13.6. The summed E-state index contributed by atoms with van der Waals surface area (Å²) in [5.41, 5.74) is 1.87. The molecule has 5 nitrogen and oxygen atoms in total. The van der Waals surface area contributed by atoms with E-state index >= 15 is 0 Å². The predicted octanol–water partition coefficient (Wildman–Crippen LogP) is 1.09. The lowest BCUT2D eigenvalue weighted by Crippen LogP contribution is -2.12. The number of hydrogen-bond acceptors (Lipinski definition) is 4. The van der Waals surface area contributed by atoms with Gasteiger partial charge in [0.15, 0.2) is 0 Å². The van der Waals surface area contributed by atoms with Crippen molar-refractivity contribution in [3.8, 4) is 0 Å². The van der Waals surface area contributed by atoms with Gasteiger partial charge in [-0.15, -0.1) is 5.10 Å². The number of halogens is 1. The van der Waals surface area contributed by atoms with Crippen LogP contribution in [0.15, 0.2) is 30.5 Å². The fourth-order valence-corrected chi connectivity index (χ4v) is 1.70. The van der Waals surface area contributed by atoms with Crippen molar-refractivity contribution < 1.29 is 9.50 Å². The average molecular weight is 264 g/mol. The van der Waals surface area contributed by atoms with Gasteiger partial charge in [0.05, 0.1) is 5.69 Å². The van der Waals surface area contributed by atoms with Crippen LogP contribution in [-0.4, -0.2) is 26.7 Å². The first-order valence-corrected chi connectivity index (χ1v) is 6.23. The fraction of sp³-hybridized carbons (Fsp3) is 0.385. The van der Waals surface area contributed by atoms with Crippen LogP contribution in [0, 0.1) is 5.82 Å². The molecule has 0 unspecified atom stereocenters. The Hall–Kier alpha value is -1.79. The van der Waals surface area contributed by atoms with E-state index in [-0.39, 0.29) is 12.4 Å². The molecule has 1 heterocycles. The molecule has 0 amide bonds. The molecule has 19 heavy (non-hydrogen) atoms. The fourth-order valence-electron chi connectivity index (χ4n) is 1.70. The lowest BCUT2D eigenvalue weighted by atomic mass is 10.2. The predicted molar refractivity (Wildman–Crippen MR) is 68.7 cm³/mol. The van der Waals surface area contributed by atoms with Crippen LogP contribution < -0.4 is 5.32 Å². The van der Waals surface area contributed by atoms with E-state index in [1.165, 1.54) is 12.1 Å². The summed E-state index contributed by atoms with van der Waals surface area (Å²) in [6.07, 6.45) is 2.53. The second kappa shape index (κ2) is 6.96. The van der Waals surface area contributed by atoms with Crippen molar-refractivity contribution in [3.63, 3.8) is 0 Å². The maximum absolute atomic E-state index is 12.7. The molecule has 102 valence electrons. The van der Waals surface area contributed by atoms with Crippen molar-refractivity contribution in [2.75, 3.05) is 6.61 Å². The van der Waals surface area contributed by atoms with E-state index in [1.54, 1.807) is 16.8 Å². The van der Waals surface area contributed by atoms with Gasteiger partial charge < -0.3 is 10.4 Å². The highest BCUT2D eigenvalue weighted by Crippen LogP contribution is 2.02. The van der Waals surface area contributed by atoms with Crippen molar-refractivity contribution in [2.24, 2.45) is 0 Å². The van der Waals surface area contributed by atoms with Gasteiger partial charge in [-0.25, -0.2) is 4.39 Å². The molecule has 2 rings (SSSR count). The number of nitrogens with zero attached hydrogens (tertiary/aromatic N) is 3. The summed E-state index contributed by atoms with van der Waals surface area (Å²) in [6, 6.07) is 6.39. The third kappa shape index (κ3) is 4.42.